The summed E-state index contributed by atoms with van der Waals surface area (Å²) in [6.45, 7) is 6.55. The largest absolute Gasteiger partial charge is 0.0905 e. The molecule has 0 aliphatic heterocycles. The maximum atomic E-state index is 4.37. The summed E-state index contributed by atoms with van der Waals surface area (Å²) >= 11 is 3.63. The molecule has 0 saturated carbocycles. The zero-order chi connectivity index (χ0) is 14.8. The SMILES string of the molecule is C=C(c1ccccc1CC)c1ccc(Br)c2ccccc12. The van der Waals surface area contributed by atoms with Gasteiger partial charge in [-0.05, 0) is 45.5 Å². The Balaban J connectivity index is 2.21. The fourth-order valence-electron chi connectivity index (χ4n) is 2.79. The van der Waals surface area contributed by atoms with Crippen LogP contribution < -0.4 is 0 Å². The minimum absolute atomic E-state index is 1.02. The van der Waals surface area contributed by atoms with Crippen LogP contribution in [0.25, 0.3) is 16.3 Å². The summed E-state index contributed by atoms with van der Waals surface area (Å²) in [5, 5.41) is 2.47. The highest BCUT2D eigenvalue weighted by molar-refractivity contribution is 9.10. The Morgan fingerprint density at radius 1 is 0.857 bits per heavy atom. The molecule has 0 bridgehead atoms. The van der Waals surface area contributed by atoms with E-state index in [2.05, 4.69) is 90.1 Å². The lowest BCUT2D eigenvalue weighted by Crippen LogP contribution is -1.94. The molecule has 0 fully saturated rings. The Hall–Kier alpha value is -1.86. The second-order valence-electron chi connectivity index (χ2n) is 5.13. The molecule has 0 saturated heterocycles. The molecule has 3 rings (SSSR count). The van der Waals surface area contributed by atoms with Crippen molar-refractivity contribution < 1.29 is 0 Å². The van der Waals surface area contributed by atoms with Crippen LogP contribution in [0.15, 0.2) is 71.7 Å². The number of benzene rings is 3. The summed E-state index contributed by atoms with van der Waals surface area (Å²) in [5.74, 6) is 0. The van der Waals surface area contributed by atoms with Gasteiger partial charge in [0.05, 0.1) is 0 Å². The Morgan fingerprint density at radius 3 is 2.29 bits per heavy atom. The molecule has 104 valence electrons. The van der Waals surface area contributed by atoms with Gasteiger partial charge < -0.3 is 0 Å². The number of rotatable bonds is 3. The van der Waals surface area contributed by atoms with Gasteiger partial charge in [0.1, 0.15) is 0 Å². The molecule has 0 unspecified atom stereocenters. The Kier molecular flexibility index (Phi) is 3.94. The van der Waals surface area contributed by atoms with Gasteiger partial charge in [0.25, 0.3) is 0 Å². The minimum Gasteiger partial charge on any atom is -0.0905 e. The van der Waals surface area contributed by atoms with E-state index in [4.69, 9.17) is 0 Å². The summed E-state index contributed by atoms with van der Waals surface area (Å²) in [6.07, 6.45) is 1.02. The van der Waals surface area contributed by atoms with Gasteiger partial charge in [0, 0.05) is 4.47 Å². The molecule has 0 atom stereocenters. The lowest BCUT2D eigenvalue weighted by Gasteiger charge is -2.14. The molecule has 0 radical (unpaired) electrons. The van der Waals surface area contributed by atoms with Crippen LogP contribution in [0.4, 0.5) is 0 Å². The highest BCUT2D eigenvalue weighted by Gasteiger charge is 2.10. The second-order valence-corrected chi connectivity index (χ2v) is 5.98. The number of aryl methyl sites for hydroxylation is 1. The van der Waals surface area contributed by atoms with Crippen LogP contribution in [-0.2, 0) is 6.42 Å². The molecule has 0 heterocycles. The third kappa shape index (κ3) is 2.54. The molecule has 1 heteroatoms. The number of hydrogen-bond donors (Lipinski definition) is 0. The van der Waals surface area contributed by atoms with E-state index in [1.807, 2.05) is 0 Å². The van der Waals surface area contributed by atoms with Crippen molar-refractivity contribution in [2.24, 2.45) is 0 Å². The number of halogens is 1. The van der Waals surface area contributed by atoms with Gasteiger partial charge >= 0.3 is 0 Å². The van der Waals surface area contributed by atoms with Crippen molar-refractivity contribution >= 4 is 32.3 Å². The van der Waals surface area contributed by atoms with Gasteiger partial charge in [0.15, 0.2) is 0 Å². The van der Waals surface area contributed by atoms with E-state index in [0.717, 1.165) is 16.5 Å². The molecule has 0 aliphatic rings. The van der Waals surface area contributed by atoms with Crippen LogP contribution >= 0.6 is 15.9 Å². The molecule has 0 spiro atoms. The maximum absolute atomic E-state index is 4.37. The molecule has 0 amide bonds. The van der Waals surface area contributed by atoms with Crippen molar-refractivity contribution in [3.63, 3.8) is 0 Å². The van der Waals surface area contributed by atoms with E-state index in [9.17, 15) is 0 Å². The summed E-state index contributed by atoms with van der Waals surface area (Å²) in [5.41, 5.74) is 4.88. The number of fused-ring (bicyclic) bond motifs is 1. The van der Waals surface area contributed by atoms with E-state index < -0.39 is 0 Å². The average molecular weight is 337 g/mol. The van der Waals surface area contributed by atoms with Crippen molar-refractivity contribution in [2.45, 2.75) is 13.3 Å². The van der Waals surface area contributed by atoms with E-state index in [1.165, 1.54) is 27.5 Å². The van der Waals surface area contributed by atoms with Gasteiger partial charge in [-0.15, -0.1) is 0 Å². The van der Waals surface area contributed by atoms with Gasteiger partial charge in [-0.2, -0.15) is 0 Å². The van der Waals surface area contributed by atoms with Crippen molar-refractivity contribution in [3.8, 4) is 0 Å². The van der Waals surface area contributed by atoms with Crippen molar-refractivity contribution in [1.29, 1.82) is 0 Å². The number of hydrogen-bond acceptors (Lipinski definition) is 0. The lowest BCUT2D eigenvalue weighted by molar-refractivity contribution is 1.13. The molecule has 21 heavy (non-hydrogen) atoms. The smallest absolute Gasteiger partial charge is 0.0254 e. The maximum Gasteiger partial charge on any atom is 0.0254 e. The van der Waals surface area contributed by atoms with Crippen LogP contribution in [0.5, 0.6) is 0 Å². The summed E-state index contributed by atoms with van der Waals surface area (Å²) < 4.78 is 1.12. The monoisotopic (exact) mass is 336 g/mol. The van der Waals surface area contributed by atoms with Crippen LogP contribution in [0, 0.1) is 0 Å². The molecule has 0 aromatic heterocycles. The van der Waals surface area contributed by atoms with Crippen molar-refractivity contribution in [1.82, 2.24) is 0 Å². The van der Waals surface area contributed by atoms with Crippen LogP contribution in [0.3, 0.4) is 0 Å². The van der Waals surface area contributed by atoms with E-state index in [0.29, 0.717) is 0 Å². The molecule has 0 nitrogen and oxygen atoms in total. The standard InChI is InChI=1S/C20H17Br/c1-3-15-8-4-5-9-16(15)14(2)17-12-13-20(21)19-11-7-6-10-18(17)19/h4-13H,2-3H2,1H3. The zero-order valence-electron chi connectivity index (χ0n) is 12.1. The van der Waals surface area contributed by atoms with E-state index in [-0.39, 0.29) is 0 Å². The molecule has 3 aromatic carbocycles. The highest BCUT2D eigenvalue weighted by Crippen LogP contribution is 2.33. The predicted octanol–water partition coefficient (Wildman–Crippen LogP) is 6.23. The first-order valence-electron chi connectivity index (χ1n) is 7.17. The quantitative estimate of drug-likeness (QED) is 0.532. The second kappa shape index (κ2) is 5.87. The Labute approximate surface area is 134 Å². The molecular weight excluding hydrogens is 320 g/mol. The van der Waals surface area contributed by atoms with Crippen LogP contribution in [0.2, 0.25) is 0 Å². The van der Waals surface area contributed by atoms with Gasteiger partial charge in [-0.1, -0.05) is 84.0 Å². The van der Waals surface area contributed by atoms with Gasteiger partial charge in [0.2, 0.25) is 0 Å². The normalized spacial score (nSPS) is 10.8. The van der Waals surface area contributed by atoms with Crippen LogP contribution in [-0.4, -0.2) is 0 Å². The summed E-state index contributed by atoms with van der Waals surface area (Å²) in [6, 6.07) is 21.2. The first-order chi connectivity index (χ1) is 10.2. The van der Waals surface area contributed by atoms with Crippen LogP contribution in [0.1, 0.15) is 23.6 Å². The van der Waals surface area contributed by atoms with Gasteiger partial charge in [-0.25, -0.2) is 0 Å². The molecular formula is C20H17Br. The van der Waals surface area contributed by atoms with Gasteiger partial charge in [-0.3, -0.25) is 0 Å². The average Bonchev–Trinajstić information content (AvgIpc) is 2.55. The molecule has 3 aromatic rings. The fourth-order valence-corrected chi connectivity index (χ4v) is 3.27. The lowest BCUT2D eigenvalue weighted by atomic mass is 9.91. The Morgan fingerprint density at radius 2 is 1.52 bits per heavy atom. The summed E-state index contributed by atoms with van der Waals surface area (Å²) in [7, 11) is 0. The Bertz CT molecular complexity index is 815. The minimum atomic E-state index is 1.02. The van der Waals surface area contributed by atoms with Crippen molar-refractivity contribution in [2.75, 3.05) is 0 Å². The predicted molar refractivity (Wildman–Crippen MR) is 95.6 cm³/mol. The fraction of sp³-hybridized carbons (Fsp3) is 0.100. The summed E-state index contributed by atoms with van der Waals surface area (Å²) in [4.78, 5) is 0. The highest BCUT2D eigenvalue weighted by atomic mass is 79.9. The zero-order valence-corrected chi connectivity index (χ0v) is 13.7. The first kappa shape index (κ1) is 14.1. The molecule has 0 N–H and O–H groups in total. The first-order valence-corrected chi connectivity index (χ1v) is 7.96. The van der Waals surface area contributed by atoms with Crippen molar-refractivity contribution in [3.05, 3.63) is 88.4 Å². The van der Waals surface area contributed by atoms with E-state index >= 15 is 0 Å². The third-order valence-electron chi connectivity index (χ3n) is 3.92. The molecule has 0 aliphatic carbocycles. The topological polar surface area (TPSA) is 0 Å². The third-order valence-corrected chi connectivity index (χ3v) is 4.61. The van der Waals surface area contributed by atoms with E-state index in [1.54, 1.807) is 0 Å².